The van der Waals surface area contributed by atoms with E-state index >= 15 is 0 Å². The number of anilines is 1. The highest BCUT2D eigenvalue weighted by Gasteiger charge is 2.24. The van der Waals surface area contributed by atoms with Gasteiger partial charge in [-0.1, -0.05) is 19.9 Å². The van der Waals surface area contributed by atoms with E-state index in [-0.39, 0.29) is 0 Å². The molecule has 0 aromatic carbocycles. The molecule has 2 heterocycles. The number of aromatic nitrogens is 1. The van der Waals surface area contributed by atoms with Crippen LogP contribution < -0.4 is 10.2 Å². The third-order valence-corrected chi connectivity index (χ3v) is 4.72. The molecule has 0 radical (unpaired) electrons. The lowest BCUT2D eigenvalue weighted by Crippen LogP contribution is -2.27. The molecule has 0 spiro atoms. The van der Waals surface area contributed by atoms with Crippen LogP contribution in [0.25, 0.3) is 0 Å². The molecule has 0 amide bonds. The highest BCUT2D eigenvalue weighted by atomic mass is 32.2. The molecular formula is C14H23N3S. The summed E-state index contributed by atoms with van der Waals surface area (Å²) in [4.78, 5) is 6.99. The Labute approximate surface area is 114 Å². The van der Waals surface area contributed by atoms with Crippen molar-refractivity contribution >= 4 is 17.6 Å². The molecule has 0 aliphatic carbocycles. The molecule has 100 valence electrons. The molecule has 1 fully saturated rings. The lowest BCUT2D eigenvalue weighted by Gasteiger charge is -2.23. The van der Waals surface area contributed by atoms with E-state index in [1.54, 1.807) is 0 Å². The van der Waals surface area contributed by atoms with Gasteiger partial charge in [-0.15, -0.1) is 0 Å². The van der Waals surface area contributed by atoms with Gasteiger partial charge in [-0.05, 0) is 25.1 Å². The first-order valence-corrected chi connectivity index (χ1v) is 7.58. The fraction of sp³-hybridized carbons (Fsp3) is 0.643. The van der Waals surface area contributed by atoms with Gasteiger partial charge in [0.05, 0.1) is 0 Å². The van der Waals surface area contributed by atoms with Crippen LogP contribution in [0.1, 0.15) is 25.8 Å². The summed E-state index contributed by atoms with van der Waals surface area (Å²) in [5.74, 6) is 2.31. The van der Waals surface area contributed by atoms with Crippen molar-refractivity contribution in [2.24, 2.45) is 0 Å². The summed E-state index contributed by atoms with van der Waals surface area (Å²) in [6.07, 6.45) is 3.20. The minimum Gasteiger partial charge on any atom is -0.356 e. The van der Waals surface area contributed by atoms with E-state index in [0.717, 1.165) is 25.5 Å². The third-order valence-electron chi connectivity index (χ3n) is 3.35. The minimum absolute atomic E-state index is 0.404. The van der Waals surface area contributed by atoms with Crippen molar-refractivity contribution in [3.63, 3.8) is 0 Å². The molecule has 18 heavy (non-hydrogen) atoms. The summed E-state index contributed by atoms with van der Waals surface area (Å²) in [6.45, 7) is 7.77. The quantitative estimate of drug-likeness (QED) is 0.909. The van der Waals surface area contributed by atoms with Gasteiger partial charge in [0.15, 0.2) is 0 Å². The topological polar surface area (TPSA) is 28.2 Å². The Balaban J connectivity index is 2.02. The first-order valence-electron chi connectivity index (χ1n) is 6.59. The molecule has 0 saturated carbocycles. The van der Waals surface area contributed by atoms with E-state index in [0.29, 0.717) is 4.75 Å². The molecule has 1 aliphatic rings. The average molecular weight is 265 g/mol. The van der Waals surface area contributed by atoms with Crippen LogP contribution >= 0.6 is 11.8 Å². The van der Waals surface area contributed by atoms with E-state index in [4.69, 9.17) is 0 Å². The molecule has 1 aromatic heterocycles. The lowest BCUT2D eigenvalue weighted by atomic mass is 10.1. The molecule has 3 nitrogen and oxygen atoms in total. The van der Waals surface area contributed by atoms with Crippen LogP contribution in [0.3, 0.4) is 0 Å². The highest BCUT2D eigenvalue weighted by Crippen LogP contribution is 2.31. The molecule has 0 unspecified atom stereocenters. The number of hydrogen-bond donors (Lipinski definition) is 1. The number of thioether (sulfide) groups is 1. The number of pyridine rings is 1. The maximum atomic E-state index is 4.59. The van der Waals surface area contributed by atoms with E-state index < -0.39 is 0 Å². The van der Waals surface area contributed by atoms with E-state index in [2.05, 4.69) is 52.9 Å². The molecule has 1 aromatic rings. The SMILES string of the molecule is CNCc1ccc(N2CCSC(C)(C)CC2)nc1. The molecule has 1 N–H and O–H groups in total. The lowest BCUT2D eigenvalue weighted by molar-refractivity contribution is 0.635. The summed E-state index contributed by atoms with van der Waals surface area (Å²) >= 11 is 2.07. The molecule has 1 aliphatic heterocycles. The zero-order valence-electron chi connectivity index (χ0n) is 11.6. The van der Waals surface area contributed by atoms with Crippen molar-refractivity contribution in [3.8, 4) is 0 Å². The molecule has 1 saturated heterocycles. The average Bonchev–Trinajstić information content (AvgIpc) is 2.52. The van der Waals surface area contributed by atoms with Gasteiger partial charge in [0.2, 0.25) is 0 Å². The van der Waals surface area contributed by atoms with Gasteiger partial charge >= 0.3 is 0 Å². The predicted molar refractivity (Wildman–Crippen MR) is 80.4 cm³/mol. The summed E-state index contributed by atoms with van der Waals surface area (Å²) in [5.41, 5.74) is 1.24. The second-order valence-electron chi connectivity index (χ2n) is 5.40. The first kappa shape index (κ1) is 13.7. The Morgan fingerprint density at radius 1 is 1.39 bits per heavy atom. The Bertz CT molecular complexity index is 375. The fourth-order valence-electron chi connectivity index (χ4n) is 2.16. The Kier molecular flexibility index (Phi) is 4.51. The summed E-state index contributed by atoms with van der Waals surface area (Å²) in [6, 6.07) is 4.32. The van der Waals surface area contributed by atoms with Crippen molar-refractivity contribution in [1.29, 1.82) is 0 Å². The molecule has 0 bridgehead atoms. The van der Waals surface area contributed by atoms with Crippen molar-refractivity contribution in [3.05, 3.63) is 23.9 Å². The molecular weight excluding hydrogens is 242 g/mol. The van der Waals surface area contributed by atoms with Gasteiger partial charge < -0.3 is 10.2 Å². The molecule has 2 rings (SSSR count). The van der Waals surface area contributed by atoms with Crippen LogP contribution in [0.4, 0.5) is 5.82 Å². The monoisotopic (exact) mass is 265 g/mol. The Morgan fingerprint density at radius 3 is 2.89 bits per heavy atom. The van der Waals surface area contributed by atoms with Gasteiger partial charge in [-0.3, -0.25) is 0 Å². The van der Waals surface area contributed by atoms with Crippen LogP contribution in [-0.2, 0) is 6.54 Å². The number of rotatable bonds is 3. The van der Waals surface area contributed by atoms with E-state index in [1.807, 2.05) is 13.2 Å². The van der Waals surface area contributed by atoms with Crippen LogP contribution in [0.2, 0.25) is 0 Å². The van der Waals surface area contributed by atoms with Gasteiger partial charge in [0, 0.05) is 36.3 Å². The normalized spacial score (nSPS) is 19.6. The Morgan fingerprint density at radius 2 is 2.22 bits per heavy atom. The van der Waals surface area contributed by atoms with Gasteiger partial charge in [0.1, 0.15) is 5.82 Å². The Hall–Kier alpha value is -0.740. The zero-order valence-corrected chi connectivity index (χ0v) is 12.4. The minimum atomic E-state index is 0.404. The highest BCUT2D eigenvalue weighted by molar-refractivity contribution is 8.00. The standard InChI is InChI=1S/C14H23N3S/c1-14(2)6-7-17(8-9-18-14)13-5-4-12(10-15-3)11-16-13/h4-5,11,15H,6-10H2,1-3H3. The summed E-state index contributed by atoms with van der Waals surface area (Å²) in [7, 11) is 1.96. The fourth-order valence-corrected chi connectivity index (χ4v) is 3.26. The number of hydrogen-bond acceptors (Lipinski definition) is 4. The van der Waals surface area contributed by atoms with Crippen LogP contribution in [0, 0.1) is 0 Å². The maximum absolute atomic E-state index is 4.59. The number of nitrogens with one attached hydrogen (secondary N) is 1. The molecule has 4 heteroatoms. The zero-order chi connectivity index (χ0) is 13.0. The van der Waals surface area contributed by atoms with Crippen molar-refractivity contribution < 1.29 is 0 Å². The van der Waals surface area contributed by atoms with Gasteiger partial charge in [0.25, 0.3) is 0 Å². The smallest absolute Gasteiger partial charge is 0.128 e. The molecule has 0 atom stereocenters. The second-order valence-corrected chi connectivity index (χ2v) is 7.20. The maximum Gasteiger partial charge on any atom is 0.128 e. The second kappa shape index (κ2) is 5.93. The predicted octanol–water partition coefficient (Wildman–Crippen LogP) is 2.52. The summed E-state index contributed by atoms with van der Waals surface area (Å²) < 4.78 is 0.404. The van der Waals surface area contributed by atoms with Crippen molar-refractivity contribution in [2.45, 2.75) is 31.6 Å². The first-order chi connectivity index (χ1) is 8.61. The van der Waals surface area contributed by atoms with Gasteiger partial charge in [-0.25, -0.2) is 4.98 Å². The summed E-state index contributed by atoms with van der Waals surface area (Å²) in [5, 5.41) is 3.15. The van der Waals surface area contributed by atoms with Crippen molar-refractivity contribution in [2.75, 3.05) is 30.8 Å². The largest absolute Gasteiger partial charge is 0.356 e. The van der Waals surface area contributed by atoms with E-state index in [1.165, 1.54) is 17.7 Å². The number of nitrogens with zero attached hydrogens (tertiary/aromatic N) is 2. The van der Waals surface area contributed by atoms with Crippen LogP contribution in [0.15, 0.2) is 18.3 Å². The van der Waals surface area contributed by atoms with Crippen LogP contribution in [0.5, 0.6) is 0 Å². The van der Waals surface area contributed by atoms with Gasteiger partial charge in [-0.2, -0.15) is 11.8 Å². The van der Waals surface area contributed by atoms with Crippen molar-refractivity contribution in [1.82, 2.24) is 10.3 Å². The van der Waals surface area contributed by atoms with E-state index in [9.17, 15) is 0 Å². The third kappa shape index (κ3) is 3.62. The van der Waals surface area contributed by atoms with Crippen LogP contribution in [-0.4, -0.2) is 35.6 Å².